The summed E-state index contributed by atoms with van der Waals surface area (Å²) in [5, 5.41) is 2.78. The number of nitrogens with one attached hydrogen (secondary N) is 1. The average Bonchev–Trinajstić information content (AvgIpc) is 3.05. The molecule has 0 saturated carbocycles. The van der Waals surface area contributed by atoms with E-state index in [1.165, 1.54) is 18.2 Å². The molecule has 0 atom stereocenters. The van der Waals surface area contributed by atoms with E-state index in [1.54, 1.807) is 6.07 Å². The molecule has 1 heterocycles. The number of carbonyl (C=O) groups is 1. The molecule has 5 nitrogen and oxygen atoms in total. The van der Waals surface area contributed by atoms with Gasteiger partial charge in [-0.05, 0) is 42.7 Å². The quantitative estimate of drug-likeness (QED) is 0.793. The molecule has 0 unspecified atom stereocenters. The van der Waals surface area contributed by atoms with Crippen LogP contribution in [0.15, 0.2) is 42.5 Å². The lowest BCUT2D eigenvalue weighted by molar-refractivity contribution is -0.123. The summed E-state index contributed by atoms with van der Waals surface area (Å²) in [5.74, 6) is 1.24. The van der Waals surface area contributed by atoms with Gasteiger partial charge in [0.15, 0.2) is 18.1 Å². The van der Waals surface area contributed by atoms with Crippen LogP contribution >= 0.6 is 0 Å². The van der Waals surface area contributed by atoms with Crippen LogP contribution < -0.4 is 19.5 Å². The van der Waals surface area contributed by atoms with Crippen molar-refractivity contribution >= 4 is 5.91 Å². The Balaban J connectivity index is 1.35. The van der Waals surface area contributed by atoms with Crippen LogP contribution in [0.5, 0.6) is 17.2 Å². The zero-order chi connectivity index (χ0) is 16.8. The third kappa shape index (κ3) is 4.38. The van der Waals surface area contributed by atoms with Crippen molar-refractivity contribution in [3.63, 3.8) is 0 Å². The fourth-order valence-electron chi connectivity index (χ4n) is 2.37. The average molecular weight is 331 g/mol. The lowest BCUT2D eigenvalue weighted by Gasteiger charge is -2.08. The third-order valence-electron chi connectivity index (χ3n) is 3.57. The molecule has 2 aromatic rings. The maximum atomic E-state index is 13.0. The Kier molecular flexibility index (Phi) is 5.15. The van der Waals surface area contributed by atoms with Crippen molar-refractivity contribution in [3.8, 4) is 17.2 Å². The largest absolute Gasteiger partial charge is 0.484 e. The maximum absolute atomic E-state index is 13.0. The van der Waals surface area contributed by atoms with Crippen LogP contribution in [-0.2, 0) is 11.2 Å². The van der Waals surface area contributed by atoms with Crippen LogP contribution in [0.3, 0.4) is 0 Å². The minimum absolute atomic E-state index is 0.131. The van der Waals surface area contributed by atoms with Crippen LogP contribution in [0.2, 0.25) is 0 Å². The highest BCUT2D eigenvalue weighted by atomic mass is 19.1. The van der Waals surface area contributed by atoms with Gasteiger partial charge in [-0.25, -0.2) is 4.39 Å². The van der Waals surface area contributed by atoms with Gasteiger partial charge in [-0.15, -0.1) is 0 Å². The minimum atomic E-state index is -0.392. The summed E-state index contributed by atoms with van der Waals surface area (Å²) >= 11 is 0. The number of halogens is 1. The molecule has 0 radical (unpaired) electrons. The van der Waals surface area contributed by atoms with Crippen LogP contribution in [0.25, 0.3) is 0 Å². The van der Waals surface area contributed by atoms with E-state index >= 15 is 0 Å². The second-order valence-electron chi connectivity index (χ2n) is 5.39. The van der Waals surface area contributed by atoms with Gasteiger partial charge >= 0.3 is 0 Å². The molecule has 0 saturated heterocycles. The Bertz CT molecular complexity index is 720. The van der Waals surface area contributed by atoms with E-state index in [9.17, 15) is 9.18 Å². The molecule has 0 fully saturated rings. The maximum Gasteiger partial charge on any atom is 0.257 e. The molecule has 24 heavy (non-hydrogen) atoms. The number of carbonyl (C=O) groups excluding carboxylic acids is 1. The third-order valence-corrected chi connectivity index (χ3v) is 3.57. The van der Waals surface area contributed by atoms with Crippen molar-refractivity contribution in [2.75, 3.05) is 19.9 Å². The normalized spacial score (nSPS) is 12.0. The summed E-state index contributed by atoms with van der Waals surface area (Å²) in [5.41, 5.74) is 1.13. The van der Waals surface area contributed by atoms with E-state index in [4.69, 9.17) is 14.2 Å². The number of hydrogen-bond acceptors (Lipinski definition) is 4. The van der Waals surface area contributed by atoms with Gasteiger partial charge in [0.1, 0.15) is 11.6 Å². The first-order valence-electron chi connectivity index (χ1n) is 7.74. The Morgan fingerprint density at radius 3 is 2.92 bits per heavy atom. The molecule has 0 bridgehead atoms. The number of benzene rings is 2. The van der Waals surface area contributed by atoms with Crippen molar-refractivity contribution < 1.29 is 23.4 Å². The first-order chi connectivity index (χ1) is 11.7. The summed E-state index contributed by atoms with van der Waals surface area (Å²) in [6, 6.07) is 11.5. The van der Waals surface area contributed by atoms with E-state index in [0.29, 0.717) is 12.3 Å². The Morgan fingerprint density at radius 2 is 2.04 bits per heavy atom. The SMILES string of the molecule is O=C(COc1cccc(F)c1)NCCCc1ccc2c(c1)OCO2. The molecule has 1 N–H and O–H groups in total. The number of hydrogen-bond donors (Lipinski definition) is 1. The predicted molar refractivity (Wildman–Crippen MR) is 85.8 cm³/mol. The molecule has 1 aliphatic heterocycles. The smallest absolute Gasteiger partial charge is 0.257 e. The van der Waals surface area contributed by atoms with Gasteiger partial charge in [0, 0.05) is 12.6 Å². The van der Waals surface area contributed by atoms with E-state index in [2.05, 4.69) is 5.32 Å². The fraction of sp³-hybridized carbons (Fsp3) is 0.278. The lowest BCUT2D eigenvalue weighted by Crippen LogP contribution is -2.29. The van der Waals surface area contributed by atoms with Crippen LogP contribution in [0.1, 0.15) is 12.0 Å². The molecule has 3 rings (SSSR count). The highest BCUT2D eigenvalue weighted by Crippen LogP contribution is 2.32. The Labute approximate surface area is 139 Å². The van der Waals surface area contributed by atoms with Crippen LogP contribution in [-0.4, -0.2) is 25.9 Å². The van der Waals surface area contributed by atoms with E-state index in [-0.39, 0.29) is 19.3 Å². The summed E-state index contributed by atoms with van der Waals surface area (Å²) in [6.07, 6.45) is 1.62. The molecule has 1 amide bonds. The van der Waals surface area contributed by atoms with E-state index in [1.807, 2.05) is 18.2 Å². The number of fused-ring (bicyclic) bond motifs is 1. The Morgan fingerprint density at radius 1 is 1.17 bits per heavy atom. The Hall–Kier alpha value is -2.76. The molecule has 0 aliphatic carbocycles. The molecule has 126 valence electrons. The highest BCUT2D eigenvalue weighted by Gasteiger charge is 2.12. The molecular weight excluding hydrogens is 313 g/mol. The van der Waals surface area contributed by atoms with Crippen LogP contribution in [0, 0.1) is 5.82 Å². The topological polar surface area (TPSA) is 56.8 Å². The first-order valence-corrected chi connectivity index (χ1v) is 7.74. The standard InChI is InChI=1S/C18H18FNO4/c19-14-4-1-5-15(10-14)22-11-18(21)20-8-2-3-13-6-7-16-17(9-13)24-12-23-16/h1,4-7,9-10H,2-3,8,11-12H2,(H,20,21). The number of amides is 1. The van der Waals surface area contributed by atoms with Gasteiger partial charge in [-0.3, -0.25) is 4.79 Å². The highest BCUT2D eigenvalue weighted by molar-refractivity contribution is 5.77. The van der Waals surface area contributed by atoms with Crippen molar-refractivity contribution in [1.82, 2.24) is 5.32 Å². The second-order valence-corrected chi connectivity index (χ2v) is 5.39. The molecular formula is C18H18FNO4. The van der Waals surface area contributed by atoms with E-state index in [0.717, 1.165) is 29.9 Å². The predicted octanol–water partition coefficient (Wildman–Crippen LogP) is 2.68. The summed E-state index contributed by atoms with van der Waals surface area (Å²) < 4.78 is 28.8. The molecule has 0 spiro atoms. The summed E-state index contributed by atoms with van der Waals surface area (Å²) in [6.45, 7) is 0.674. The molecule has 6 heteroatoms. The van der Waals surface area contributed by atoms with Gasteiger partial charge in [0.05, 0.1) is 0 Å². The first kappa shape index (κ1) is 16.1. The van der Waals surface area contributed by atoms with Gasteiger partial charge in [0.25, 0.3) is 5.91 Å². The van der Waals surface area contributed by atoms with Gasteiger partial charge in [-0.2, -0.15) is 0 Å². The van der Waals surface area contributed by atoms with Gasteiger partial charge < -0.3 is 19.5 Å². The zero-order valence-electron chi connectivity index (χ0n) is 13.1. The van der Waals surface area contributed by atoms with Crippen molar-refractivity contribution in [1.29, 1.82) is 0 Å². The molecule has 2 aromatic carbocycles. The minimum Gasteiger partial charge on any atom is -0.484 e. The number of aryl methyl sites for hydroxylation is 1. The summed E-state index contributed by atoms with van der Waals surface area (Å²) in [4.78, 5) is 11.7. The van der Waals surface area contributed by atoms with Crippen molar-refractivity contribution in [2.24, 2.45) is 0 Å². The molecule has 1 aliphatic rings. The van der Waals surface area contributed by atoms with Gasteiger partial charge in [-0.1, -0.05) is 12.1 Å². The molecule has 0 aromatic heterocycles. The lowest BCUT2D eigenvalue weighted by atomic mass is 10.1. The van der Waals surface area contributed by atoms with E-state index < -0.39 is 5.82 Å². The van der Waals surface area contributed by atoms with Gasteiger partial charge in [0.2, 0.25) is 6.79 Å². The monoisotopic (exact) mass is 331 g/mol. The number of rotatable bonds is 7. The fourth-order valence-corrected chi connectivity index (χ4v) is 2.37. The summed E-state index contributed by atoms with van der Waals surface area (Å²) in [7, 11) is 0. The van der Waals surface area contributed by atoms with Crippen LogP contribution in [0.4, 0.5) is 4.39 Å². The zero-order valence-corrected chi connectivity index (χ0v) is 13.1. The second kappa shape index (κ2) is 7.68. The number of ether oxygens (including phenoxy) is 3. The van der Waals surface area contributed by atoms with Crippen molar-refractivity contribution in [2.45, 2.75) is 12.8 Å². The van der Waals surface area contributed by atoms with Crippen molar-refractivity contribution in [3.05, 3.63) is 53.8 Å².